The van der Waals surface area contributed by atoms with E-state index >= 15 is 0 Å². The quantitative estimate of drug-likeness (QED) is 0.429. The maximum atomic E-state index is 12.5. The molecule has 0 atom stereocenters. The Hall–Kier alpha value is -3.22. The molecular formula is C27H24ClN3O2S. The predicted octanol–water partition coefficient (Wildman–Crippen LogP) is 5.71. The molecular weight excluding hydrogens is 466 g/mol. The molecule has 5 nitrogen and oxygen atoms in total. The summed E-state index contributed by atoms with van der Waals surface area (Å²) in [5.74, 6) is 0.622. The first-order chi connectivity index (χ1) is 16.6. The number of ether oxygens (including phenoxy) is 1. The van der Waals surface area contributed by atoms with Crippen LogP contribution in [0.25, 0.3) is 6.08 Å². The third-order valence-corrected chi connectivity index (χ3v) is 7.07. The maximum absolute atomic E-state index is 12.5. The van der Waals surface area contributed by atoms with Crippen LogP contribution < -0.4 is 9.64 Å². The van der Waals surface area contributed by atoms with Gasteiger partial charge in [0.1, 0.15) is 12.4 Å². The molecule has 0 aliphatic carbocycles. The molecule has 0 N–H and O–H groups in total. The van der Waals surface area contributed by atoms with E-state index in [-0.39, 0.29) is 5.91 Å². The lowest BCUT2D eigenvalue weighted by Crippen LogP contribution is -2.47. The Kier molecular flexibility index (Phi) is 6.88. The highest BCUT2D eigenvalue weighted by Crippen LogP contribution is 2.31. The number of thioether (sulfide) groups is 1. The van der Waals surface area contributed by atoms with E-state index in [1.807, 2.05) is 84.9 Å². The highest BCUT2D eigenvalue weighted by atomic mass is 35.5. The van der Waals surface area contributed by atoms with E-state index in [2.05, 4.69) is 14.8 Å². The van der Waals surface area contributed by atoms with Gasteiger partial charge in [-0.3, -0.25) is 4.79 Å². The van der Waals surface area contributed by atoms with Crippen molar-refractivity contribution < 1.29 is 9.53 Å². The van der Waals surface area contributed by atoms with Crippen molar-refractivity contribution in [2.75, 3.05) is 31.1 Å². The molecule has 0 radical (unpaired) electrons. The van der Waals surface area contributed by atoms with Gasteiger partial charge in [0.15, 0.2) is 5.17 Å². The van der Waals surface area contributed by atoms with Crippen LogP contribution in [0.2, 0.25) is 5.02 Å². The van der Waals surface area contributed by atoms with E-state index in [0.717, 1.165) is 58.9 Å². The first-order valence-corrected chi connectivity index (χ1v) is 12.4. The van der Waals surface area contributed by atoms with Gasteiger partial charge in [-0.15, -0.1) is 0 Å². The summed E-state index contributed by atoms with van der Waals surface area (Å²) in [4.78, 5) is 22.0. The van der Waals surface area contributed by atoms with Gasteiger partial charge in [-0.2, -0.15) is 4.99 Å². The Balaban J connectivity index is 1.16. The predicted molar refractivity (Wildman–Crippen MR) is 140 cm³/mol. The van der Waals surface area contributed by atoms with Gasteiger partial charge in [-0.25, -0.2) is 0 Å². The minimum Gasteiger partial charge on any atom is -0.489 e. The number of hydrogen-bond donors (Lipinski definition) is 0. The van der Waals surface area contributed by atoms with Crippen molar-refractivity contribution in [3.63, 3.8) is 0 Å². The number of piperazine rings is 1. The zero-order valence-corrected chi connectivity index (χ0v) is 20.1. The highest BCUT2D eigenvalue weighted by molar-refractivity contribution is 8.18. The third-order valence-electron chi connectivity index (χ3n) is 5.78. The van der Waals surface area contributed by atoms with E-state index in [4.69, 9.17) is 16.3 Å². The summed E-state index contributed by atoms with van der Waals surface area (Å²) >= 11 is 7.45. The number of aliphatic imine (C=N–C) groups is 1. The van der Waals surface area contributed by atoms with Crippen LogP contribution in [0.1, 0.15) is 11.1 Å². The van der Waals surface area contributed by atoms with Crippen molar-refractivity contribution in [2.24, 2.45) is 4.99 Å². The van der Waals surface area contributed by atoms with Gasteiger partial charge in [0.25, 0.3) is 5.91 Å². The van der Waals surface area contributed by atoms with Gasteiger partial charge < -0.3 is 14.5 Å². The van der Waals surface area contributed by atoms with Crippen LogP contribution in [0.15, 0.2) is 88.8 Å². The summed E-state index contributed by atoms with van der Waals surface area (Å²) in [7, 11) is 0. The molecule has 5 rings (SSSR count). The number of halogens is 1. The number of anilines is 1. The zero-order valence-electron chi connectivity index (χ0n) is 18.6. The van der Waals surface area contributed by atoms with E-state index in [9.17, 15) is 4.79 Å². The SMILES string of the molecule is O=C1N=C(N2CCN(c3ccc(Cl)cc3)CC2)S/C1=C/c1ccc(OCc2ccccc2)cc1. The Bertz CT molecular complexity index is 1200. The molecule has 0 aromatic heterocycles. The third kappa shape index (κ3) is 5.46. The van der Waals surface area contributed by atoms with Gasteiger partial charge in [0.2, 0.25) is 0 Å². The second-order valence-corrected chi connectivity index (χ2v) is 9.55. The highest BCUT2D eigenvalue weighted by Gasteiger charge is 2.28. The number of carbonyl (C=O) groups excluding carboxylic acids is 1. The summed E-state index contributed by atoms with van der Waals surface area (Å²) in [6.45, 7) is 3.92. The molecule has 172 valence electrons. The lowest BCUT2D eigenvalue weighted by Gasteiger charge is -2.36. The molecule has 2 heterocycles. The lowest BCUT2D eigenvalue weighted by atomic mass is 10.2. The fourth-order valence-electron chi connectivity index (χ4n) is 3.89. The molecule has 0 spiro atoms. The first kappa shape index (κ1) is 22.6. The lowest BCUT2D eigenvalue weighted by molar-refractivity contribution is -0.113. The molecule has 1 saturated heterocycles. The summed E-state index contributed by atoms with van der Waals surface area (Å²) < 4.78 is 5.85. The van der Waals surface area contributed by atoms with Crippen molar-refractivity contribution >= 4 is 46.2 Å². The molecule has 34 heavy (non-hydrogen) atoms. The Morgan fingerprint density at radius 2 is 1.56 bits per heavy atom. The summed E-state index contributed by atoms with van der Waals surface area (Å²) in [5.41, 5.74) is 3.24. The monoisotopic (exact) mass is 489 g/mol. The molecule has 7 heteroatoms. The Morgan fingerprint density at radius 3 is 2.26 bits per heavy atom. The smallest absolute Gasteiger partial charge is 0.286 e. The van der Waals surface area contributed by atoms with Gasteiger partial charge in [0.05, 0.1) is 4.91 Å². The molecule has 3 aromatic carbocycles. The van der Waals surface area contributed by atoms with Crippen LogP contribution in [-0.2, 0) is 11.4 Å². The fourth-order valence-corrected chi connectivity index (χ4v) is 4.98. The minimum absolute atomic E-state index is 0.176. The van der Waals surface area contributed by atoms with Crippen LogP contribution in [0, 0.1) is 0 Å². The minimum atomic E-state index is -0.176. The van der Waals surface area contributed by atoms with Crippen molar-refractivity contribution in [3.05, 3.63) is 99.9 Å². The number of amides is 1. The topological polar surface area (TPSA) is 45.1 Å². The van der Waals surface area contributed by atoms with Crippen LogP contribution in [0.3, 0.4) is 0 Å². The largest absolute Gasteiger partial charge is 0.489 e. The first-order valence-electron chi connectivity index (χ1n) is 11.2. The van der Waals surface area contributed by atoms with Crippen molar-refractivity contribution in [3.8, 4) is 5.75 Å². The van der Waals surface area contributed by atoms with Crippen LogP contribution >= 0.6 is 23.4 Å². The van der Waals surface area contributed by atoms with Crippen molar-refractivity contribution in [1.82, 2.24) is 4.90 Å². The number of amidine groups is 1. The molecule has 1 fully saturated rings. The Labute approximate surface area is 208 Å². The molecule has 3 aromatic rings. The molecule has 2 aliphatic rings. The van der Waals surface area contributed by atoms with Gasteiger partial charge in [-0.1, -0.05) is 54.1 Å². The standard InChI is InChI=1S/C27H24ClN3O2S/c28-22-8-10-23(11-9-22)30-14-16-31(17-15-30)27-29-26(32)25(34-27)18-20-6-12-24(13-7-20)33-19-21-4-2-1-3-5-21/h1-13,18H,14-17,19H2/b25-18+. The number of carbonyl (C=O) groups is 1. The van der Waals surface area contributed by atoms with Gasteiger partial charge >= 0.3 is 0 Å². The average Bonchev–Trinajstić information content (AvgIpc) is 3.25. The van der Waals surface area contributed by atoms with E-state index < -0.39 is 0 Å². The van der Waals surface area contributed by atoms with Crippen molar-refractivity contribution in [2.45, 2.75) is 6.61 Å². The van der Waals surface area contributed by atoms with Crippen LogP contribution in [-0.4, -0.2) is 42.2 Å². The van der Waals surface area contributed by atoms with E-state index in [1.165, 1.54) is 11.8 Å². The maximum Gasteiger partial charge on any atom is 0.286 e. The average molecular weight is 490 g/mol. The zero-order chi connectivity index (χ0) is 23.3. The fraction of sp³-hybridized carbons (Fsp3) is 0.185. The number of nitrogens with zero attached hydrogens (tertiary/aromatic N) is 3. The van der Waals surface area contributed by atoms with Gasteiger partial charge in [-0.05, 0) is 65.4 Å². The molecule has 0 unspecified atom stereocenters. The van der Waals surface area contributed by atoms with Crippen molar-refractivity contribution in [1.29, 1.82) is 0 Å². The molecule has 2 aliphatic heterocycles. The second-order valence-electron chi connectivity index (χ2n) is 8.10. The summed E-state index contributed by atoms with van der Waals surface area (Å²) in [6, 6.07) is 25.8. The summed E-state index contributed by atoms with van der Waals surface area (Å²) in [6.07, 6.45) is 1.90. The van der Waals surface area contributed by atoms with Gasteiger partial charge in [0, 0.05) is 36.9 Å². The van der Waals surface area contributed by atoms with E-state index in [0.29, 0.717) is 11.5 Å². The molecule has 0 saturated carbocycles. The number of benzene rings is 3. The Morgan fingerprint density at radius 1 is 0.882 bits per heavy atom. The number of rotatable bonds is 5. The number of hydrogen-bond acceptors (Lipinski definition) is 5. The van der Waals surface area contributed by atoms with E-state index in [1.54, 1.807) is 0 Å². The summed E-state index contributed by atoms with van der Waals surface area (Å²) in [5, 5.41) is 1.53. The molecule has 1 amide bonds. The second kappa shape index (κ2) is 10.4. The van der Waals surface area contributed by atoms with Crippen LogP contribution in [0.5, 0.6) is 5.75 Å². The molecule has 0 bridgehead atoms. The normalized spacial score (nSPS) is 17.3. The van der Waals surface area contributed by atoms with Crippen LogP contribution in [0.4, 0.5) is 5.69 Å².